The molecule has 0 radical (unpaired) electrons. The van der Waals surface area contributed by atoms with Crippen LogP contribution in [0, 0.1) is 5.82 Å². The summed E-state index contributed by atoms with van der Waals surface area (Å²) in [6.07, 6.45) is 0.152. The Morgan fingerprint density at radius 2 is 2.33 bits per heavy atom. The minimum absolute atomic E-state index is 0.246. The summed E-state index contributed by atoms with van der Waals surface area (Å²) in [5.74, 6) is -0.246. The number of fused-ring (bicyclic) bond motifs is 1. The van der Waals surface area contributed by atoms with Crippen molar-refractivity contribution >= 4 is 5.69 Å². The fourth-order valence-corrected chi connectivity index (χ4v) is 1.46. The van der Waals surface area contributed by atoms with Gasteiger partial charge in [0, 0.05) is 18.7 Å². The van der Waals surface area contributed by atoms with E-state index >= 15 is 0 Å². The van der Waals surface area contributed by atoms with Crippen LogP contribution in [-0.2, 0) is 6.42 Å². The number of rotatable bonds is 0. The quantitative estimate of drug-likeness (QED) is 0.607. The largest absolute Gasteiger partial charge is 0.391 e. The van der Waals surface area contributed by atoms with Crippen molar-refractivity contribution in [1.82, 2.24) is 0 Å². The first kappa shape index (κ1) is 7.55. The molecule has 64 valence electrons. The number of hydrogen-bond acceptors (Lipinski definition) is 2. The summed E-state index contributed by atoms with van der Waals surface area (Å²) < 4.78 is 12.7. The van der Waals surface area contributed by atoms with E-state index in [1.54, 1.807) is 6.07 Å². The molecule has 1 unspecified atom stereocenters. The van der Waals surface area contributed by atoms with E-state index in [9.17, 15) is 9.50 Å². The molecule has 0 amide bonds. The summed E-state index contributed by atoms with van der Waals surface area (Å²) in [5, 5.41) is 12.3. The SMILES string of the molecule is OC1CNc2ccc(F)cc2C1. The maximum absolute atomic E-state index is 12.7. The molecule has 0 saturated carbocycles. The van der Waals surface area contributed by atoms with Gasteiger partial charge in [0.1, 0.15) is 5.82 Å². The highest BCUT2D eigenvalue weighted by Gasteiger charge is 2.15. The summed E-state index contributed by atoms with van der Waals surface area (Å²) in [5.41, 5.74) is 1.79. The number of anilines is 1. The molecule has 2 nitrogen and oxygen atoms in total. The Morgan fingerprint density at radius 3 is 3.17 bits per heavy atom. The third-order valence-corrected chi connectivity index (χ3v) is 2.05. The summed E-state index contributed by atoms with van der Waals surface area (Å²) >= 11 is 0. The Morgan fingerprint density at radius 1 is 1.50 bits per heavy atom. The van der Waals surface area contributed by atoms with Gasteiger partial charge in [-0.3, -0.25) is 0 Å². The van der Waals surface area contributed by atoms with Crippen molar-refractivity contribution in [3.8, 4) is 0 Å². The molecule has 0 bridgehead atoms. The van der Waals surface area contributed by atoms with E-state index in [0.29, 0.717) is 13.0 Å². The normalized spacial score (nSPS) is 21.3. The molecule has 2 N–H and O–H groups in total. The first-order valence-electron chi connectivity index (χ1n) is 3.96. The van der Waals surface area contributed by atoms with Gasteiger partial charge in [-0.05, 0) is 23.8 Å². The predicted octanol–water partition coefficient (Wildman–Crippen LogP) is 1.15. The lowest BCUT2D eigenvalue weighted by Gasteiger charge is -2.22. The highest BCUT2D eigenvalue weighted by Crippen LogP contribution is 2.22. The second kappa shape index (κ2) is 2.75. The monoisotopic (exact) mass is 167 g/mol. The third-order valence-electron chi connectivity index (χ3n) is 2.05. The Hall–Kier alpha value is -1.09. The molecule has 1 aliphatic rings. The summed E-state index contributed by atoms with van der Waals surface area (Å²) in [6.45, 7) is 0.554. The molecule has 0 fully saturated rings. The zero-order chi connectivity index (χ0) is 8.55. The van der Waals surface area contributed by atoms with Gasteiger partial charge in [0.25, 0.3) is 0 Å². The minimum Gasteiger partial charge on any atom is -0.391 e. The molecule has 1 aromatic carbocycles. The van der Waals surface area contributed by atoms with Gasteiger partial charge in [0.05, 0.1) is 6.10 Å². The van der Waals surface area contributed by atoms with Crippen molar-refractivity contribution in [2.45, 2.75) is 12.5 Å². The van der Waals surface area contributed by atoms with Crippen LogP contribution < -0.4 is 5.32 Å². The highest BCUT2D eigenvalue weighted by atomic mass is 19.1. The van der Waals surface area contributed by atoms with Gasteiger partial charge in [-0.1, -0.05) is 0 Å². The lowest BCUT2D eigenvalue weighted by atomic mass is 10.0. The van der Waals surface area contributed by atoms with E-state index < -0.39 is 0 Å². The van der Waals surface area contributed by atoms with Crippen LogP contribution in [0.25, 0.3) is 0 Å². The number of β-amino-alcohol motifs (C(OH)–C–C–N with tert-alkyl or cyclic N) is 1. The van der Waals surface area contributed by atoms with E-state index in [1.807, 2.05) is 0 Å². The second-order valence-electron chi connectivity index (χ2n) is 3.04. The van der Waals surface area contributed by atoms with Crippen LogP contribution >= 0.6 is 0 Å². The van der Waals surface area contributed by atoms with Crippen molar-refractivity contribution in [2.24, 2.45) is 0 Å². The number of hydrogen-bond donors (Lipinski definition) is 2. The van der Waals surface area contributed by atoms with E-state index in [4.69, 9.17) is 0 Å². The lowest BCUT2D eigenvalue weighted by Crippen LogP contribution is -2.27. The predicted molar refractivity (Wildman–Crippen MR) is 44.6 cm³/mol. The zero-order valence-electron chi connectivity index (χ0n) is 6.55. The average molecular weight is 167 g/mol. The van der Waals surface area contributed by atoms with Gasteiger partial charge >= 0.3 is 0 Å². The molecule has 1 heterocycles. The lowest BCUT2D eigenvalue weighted by molar-refractivity contribution is 0.184. The van der Waals surface area contributed by atoms with Crippen LogP contribution in [0.5, 0.6) is 0 Å². The third kappa shape index (κ3) is 1.28. The number of benzene rings is 1. The average Bonchev–Trinajstić information content (AvgIpc) is 2.03. The highest BCUT2D eigenvalue weighted by molar-refractivity contribution is 5.53. The van der Waals surface area contributed by atoms with E-state index in [-0.39, 0.29) is 11.9 Å². The molecule has 0 saturated heterocycles. The number of aliphatic hydroxyl groups excluding tert-OH is 1. The Bertz CT molecular complexity index is 301. The van der Waals surface area contributed by atoms with Gasteiger partial charge < -0.3 is 10.4 Å². The summed E-state index contributed by atoms with van der Waals surface area (Å²) in [4.78, 5) is 0. The molecular weight excluding hydrogens is 157 g/mol. The van der Waals surface area contributed by atoms with Crippen LogP contribution in [0.2, 0.25) is 0 Å². The van der Waals surface area contributed by atoms with Crippen molar-refractivity contribution in [3.05, 3.63) is 29.6 Å². The summed E-state index contributed by atoms with van der Waals surface area (Å²) in [6, 6.07) is 4.59. The van der Waals surface area contributed by atoms with Crippen LogP contribution in [0.4, 0.5) is 10.1 Å². The molecule has 1 atom stereocenters. The van der Waals surface area contributed by atoms with Crippen molar-refractivity contribution in [1.29, 1.82) is 0 Å². The Labute approximate surface area is 70.0 Å². The number of halogens is 1. The Kier molecular flexibility index (Phi) is 1.73. The molecule has 3 heteroatoms. The standard InChI is InChI=1S/C9H10FNO/c10-7-1-2-9-6(3-7)4-8(12)5-11-9/h1-3,8,11-12H,4-5H2. The van der Waals surface area contributed by atoms with E-state index in [2.05, 4.69) is 5.32 Å². The maximum atomic E-state index is 12.7. The van der Waals surface area contributed by atoms with Crippen LogP contribution in [0.15, 0.2) is 18.2 Å². The summed E-state index contributed by atoms with van der Waals surface area (Å²) in [7, 11) is 0. The molecule has 0 aromatic heterocycles. The number of aliphatic hydroxyl groups is 1. The smallest absolute Gasteiger partial charge is 0.123 e. The van der Waals surface area contributed by atoms with Crippen molar-refractivity contribution in [2.75, 3.05) is 11.9 Å². The first-order valence-corrected chi connectivity index (χ1v) is 3.96. The molecule has 1 aliphatic heterocycles. The fourth-order valence-electron chi connectivity index (χ4n) is 1.46. The molecule has 2 rings (SSSR count). The maximum Gasteiger partial charge on any atom is 0.123 e. The zero-order valence-corrected chi connectivity index (χ0v) is 6.55. The van der Waals surface area contributed by atoms with Gasteiger partial charge in [-0.2, -0.15) is 0 Å². The number of nitrogens with one attached hydrogen (secondary N) is 1. The molecule has 12 heavy (non-hydrogen) atoms. The molecule has 1 aromatic rings. The topological polar surface area (TPSA) is 32.3 Å². The fraction of sp³-hybridized carbons (Fsp3) is 0.333. The molecular formula is C9H10FNO. The molecule has 0 spiro atoms. The second-order valence-corrected chi connectivity index (χ2v) is 3.04. The van der Waals surface area contributed by atoms with Crippen LogP contribution in [0.3, 0.4) is 0 Å². The van der Waals surface area contributed by atoms with Crippen LogP contribution in [0.1, 0.15) is 5.56 Å². The first-order chi connectivity index (χ1) is 5.75. The van der Waals surface area contributed by atoms with Gasteiger partial charge in [0.15, 0.2) is 0 Å². The van der Waals surface area contributed by atoms with Crippen molar-refractivity contribution < 1.29 is 9.50 Å². The van der Waals surface area contributed by atoms with E-state index in [0.717, 1.165) is 11.3 Å². The Balaban J connectivity index is 2.37. The van der Waals surface area contributed by atoms with E-state index in [1.165, 1.54) is 12.1 Å². The van der Waals surface area contributed by atoms with Crippen LogP contribution in [-0.4, -0.2) is 17.8 Å². The molecule has 0 aliphatic carbocycles. The van der Waals surface area contributed by atoms with Gasteiger partial charge in [-0.25, -0.2) is 4.39 Å². The minimum atomic E-state index is -0.390. The van der Waals surface area contributed by atoms with Gasteiger partial charge in [0.2, 0.25) is 0 Å². The van der Waals surface area contributed by atoms with Gasteiger partial charge in [-0.15, -0.1) is 0 Å². The van der Waals surface area contributed by atoms with Crippen molar-refractivity contribution in [3.63, 3.8) is 0 Å².